The van der Waals surface area contributed by atoms with Crippen molar-refractivity contribution in [1.29, 1.82) is 0 Å². The van der Waals surface area contributed by atoms with Crippen LogP contribution in [0.15, 0.2) is 54.6 Å². The summed E-state index contributed by atoms with van der Waals surface area (Å²) < 4.78 is 1.15. The lowest BCUT2D eigenvalue weighted by molar-refractivity contribution is 0.223. The molecule has 0 radical (unpaired) electrons. The van der Waals surface area contributed by atoms with Crippen molar-refractivity contribution >= 4 is 34.3 Å². The third-order valence-corrected chi connectivity index (χ3v) is 3.74. The summed E-state index contributed by atoms with van der Waals surface area (Å²) in [5, 5.41) is 2.89. The maximum Gasteiger partial charge on any atom is 0.321 e. The first-order chi connectivity index (χ1) is 9.65. The van der Waals surface area contributed by atoms with Gasteiger partial charge in [-0.25, -0.2) is 4.79 Å². The van der Waals surface area contributed by atoms with Crippen LogP contribution >= 0.6 is 22.6 Å². The average molecular weight is 380 g/mol. The van der Waals surface area contributed by atoms with Crippen molar-refractivity contribution in [2.75, 3.05) is 18.9 Å². The summed E-state index contributed by atoms with van der Waals surface area (Å²) in [4.78, 5) is 13.7. The molecule has 0 bridgehead atoms. The molecule has 0 aliphatic carbocycles. The number of hydrogen-bond donors (Lipinski definition) is 1. The molecule has 0 heterocycles. The number of amides is 2. The van der Waals surface area contributed by atoms with Crippen LogP contribution < -0.4 is 5.32 Å². The quantitative estimate of drug-likeness (QED) is 0.800. The Bertz CT molecular complexity index is 554. The van der Waals surface area contributed by atoms with Gasteiger partial charge in [-0.1, -0.05) is 30.3 Å². The summed E-state index contributed by atoms with van der Waals surface area (Å²) in [6, 6.07) is 17.9. The lowest BCUT2D eigenvalue weighted by atomic mass is 10.1. The second-order valence-corrected chi connectivity index (χ2v) is 5.84. The van der Waals surface area contributed by atoms with E-state index < -0.39 is 0 Å². The number of rotatable bonds is 4. The molecule has 2 amide bonds. The molecule has 0 fully saturated rings. The molecular formula is C16H17IN2O. The Morgan fingerprint density at radius 3 is 2.40 bits per heavy atom. The fourth-order valence-corrected chi connectivity index (χ4v) is 2.15. The van der Waals surface area contributed by atoms with Gasteiger partial charge in [0, 0.05) is 22.8 Å². The number of nitrogens with zero attached hydrogens (tertiary/aromatic N) is 1. The average Bonchev–Trinajstić information content (AvgIpc) is 2.48. The maximum atomic E-state index is 12.0. The van der Waals surface area contributed by atoms with Gasteiger partial charge in [-0.3, -0.25) is 0 Å². The number of likely N-dealkylation sites (N-methyl/N-ethyl adjacent to an activating group) is 1. The molecule has 0 aromatic heterocycles. The number of benzene rings is 2. The number of anilines is 1. The van der Waals surface area contributed by atoms with E-state index in [1.807, 2.05) is 49.5 Å². The number of carbonyl (C=O) groups is 1. The van der Waals surface area contributed by atoms with Gasteiger partial charge in [0.05, 0.1) is 0 Å². The predicted molar refractivity (Wildman–Crippen MR) is 91.0 cm³/mol. The summed E-state index contributed by atoms with van der Waals surface area (Å²) in [5.74, 6) is 0. The Morgan fingerprint density at radius 1 is 1.10 bits per heavy atom. The number of halogens is 1. The van der Waals surface area contributed by atoms with Gasteiger partial charge in [0.25, 0.3) is 0 Å². The van der Waals surface area contributed by atoms with Crippen LogP contribution in [0.4, 0.5) is 10.5 Å². The van der Waals surface area contributed by atoms with Crippen molar-refractivity contribution in [3.05, 3.63) is 63.7 Å². The zero-order valence-electron chi connectivity index (χ0n) is 11.3. The van der Waals surface area contributed by atoms with Crippen LogP contribution in [0.2, 0.25) is 0 Å². The van der Waals surface area contributed by atoms with Crippen LogP contribution in [0.5, 0.6) is 0 Å². The Morgan fingerprint density at radius 2 is 1.75 bits per heavy atom. The second-order valence-electron chi connectivity index (χ2n) is 4.59. The van der Waals surface area contributed by atoms with Crippen LogP contribution in [0.25, 0.3) is 0 Å². The van der Waals surface area contributed by atoms with Gasteiger partial charge in [-0.15, -0.1) is 0 Å². The van der Waals surface area contributed by atoms with E-state index in [9.17, 15) is 4.79 Å². The van der Waals surface area contributed by atoms with Gasteiger partial charge < -0.3 is 10.2 Å². The maximum absolute atomic E-state index is 12.0. The van der Waals surface area contributed by atoms with Crippen LogP contribution in [0.1, 0.15) is 5.56 Å². The van der Waals surface area contributed by atoms with Crippen molar-refractivity contribution in [1.82, 2.24) is 4.90 Å². The zero-order valence-corrected chi connectivity index (χ0v) is 13.5. The zero-order chi connectivity index (χ0) is 14.4. The molecule has 0 aliphatic heterocycles. The van der Waals surface area contributed by atoms with Gasteiger partial charge in [0.1, 0.15) is 0 Å². The van der Waals surface area contributed by atoms with Gasteiger partial charge in [0.15, 0.2) is 0 Å². The predicted octanol–water partition coefficient (Wildman–Crippen LogP) is 4.00. The Labute approximate surface area is 133 Å². The number of carbonyl (C=O) groups excluding carboxylic acids is 1. The van der Waals surface area contributed by atoms with E-state index in [-0.39, 0.29) is 6.03 Å². The highest BCUT2D eigenvalue weighted by Crippen LogP contribution is 2.11. The number of urea groups is 1. The minimum atomic E-state index is -0.0814. The van der Waals surface area contributed by atoms with E-state index in [0.717, 1.165) is 15.7 Å². The highest BCUT2D eigenvalue weighted by atomic mass is 127. The third kappa shape index (κ3) is 4.52. The van der Waals surface area contributed by atoms with Crippen LogP contribution in [0, 0.1) is 3.57 Å². The van der Waals surface area contributed by atoms with Crippen molar-refractivity contribution in [2.24, 2.45) is 0 Å². The standard InChI is InChI=1S/C16H17IN2O/c1-19(12-11-13-5-3-2-4-6-13)16(20)18-15-9-7-14(17)8-10-15/h2-10H,11-12H2,1H3,(H,18,20). The molecule has 0 saturated carbocycles. The summed E-state index contributed by atoms with van der Waals surface area (Å²) >= 11 is 2.24. The molecule has 104 valence electrons. The molecule has 3 nitrogen and oxygen atoms in total. The number of hydrogen-bond acceptors (Lipinski definition) is 1. The molecule has 0 unspecified atom stereocenters. The molecule has 20 heavy (non-hydrogen) atoms. The van der Waals surface area contributed by atoms with E-state index >= 15 is 0 Å². The van der Waals surface area contributed by atoms with Crippen molar-refractivity contribution < 1.29 is 4.79 Å². The lowest BCUT2D eigenvalue weighted by Crippen LogP contribution is -2.32. The SMILES string of the molecule is CN(CCc1ccccc1)C(=O)Nc1ccc(I)cc1. The molecule has 4 heteroatoms. The first kappa shape index (κ1) is 14.8. The second kappa shape index (κ2) is 7.28. The molecule has 0 aliphatic rings. The highest BCUT2D eigenvalue weighted by Gasteiger charge is 2.08. The van der Waals surface area contributed by atoms with Crippen molar-refractivity contribution in [2.45, 2.75) is 6.42 Å². The minimum absolute atomic E-state index is 0.0814. The first-order valence-corrected chi connectivity index (χ1v) is 7.54. The van der Waals surface area contributed by atoms with Gasteiger partial charge in [-0.05, 0) is 58.8 Å². The van der Waals surface area contributed by atoms with Crippen LogP contribution in [-0.2, 0) is 6.42 Å². The van der Waals surface area contributed by atoms with E-state index in [4.69, 9.17) is 0 Å². The van der Waals surface area contributed by atoms with E-state index in [2.05, 4.69) is 40.0 Å². The Balaban J connectivity index is 1.84. The van der Waals surface area contributed by atoms with Crippen LogP contribution in [0.3, 0.4) is 0 Å². The topological polar surface area (TPSA) is 32.3 Å². The van der Waals surface area contributed by atoms with E-state index in [0.29, 0.717) is 6.54 Å². The molecule has 0 spiro atoms. The molecule has 2 aromatic rings. The monoisotopic (exact) mass is 380 g/mol. The molecule has 0 saturated heterocycles. The van der Waals surface area contributed by atoms with Crippen LogP contribution in [-0.4, -0.2) is 24.5 Å². The Hall–Kier alpha value is -1.56. The highest BCUT2D eigenvalue weighted by molar-refractivity contribution is 14.1. The summed E-state index contributed by atoms with van der Waals surface area (Å²) in [6.07, 6.45) is 0.859. The summed E-state index contributed by atoms with van der Waals surface area (Å²) in [7, 11) is 1.81. The lowest BCUT2D eigenvalue weighted by Gasteiger charge is -2.18. The van der Waals surface area contributed by atoms with Gasteiger partial charge >= 0.3 is 6.03 Å². The molecule has 0 atom stereocenters. The van der Waals surface area contributed by atoms with Gasteiger partial charge in [0.2, 0.25) is 0 Å². The van der Waals surface area contributed by atoms with Crippen molar-refractivity contribution in [3.8, 4) is 0 Å². The summed E-state index contributed by atoms with van der Waals surface area (Å²) in [5.41, 5.74) is 2.06. The molecule has 2 aromatic carbocycles. The van der Waals surface area contributed by atoms with Crippen molar-refractivity contribution in [3.63, 3.8) is 0 Å². The first-order valence-electron chi connectivity index (χ1n) is 6.47. The Kier molecular flexibility index (Phi) is 5.40. The molecular weight excluding hydrogens is 363 g/mol. The minimum Gasteiger partial charge on any atom is -0.327 e. The molecule has 1 N–H and O–H groups in total. The molecule has 2 rings (SSSR count). The number of nitrogens with one attached hydrogen (secondary N) is 1. The van der Waals surface area contributed by atoms with E-state index in [1.54, 1.807) is 4.90 Å². The normalized spacial score (nSPS) is 10.1. The fourth-order valence-electron chi connectivity index (χ4n) is 1.80. The smallest absolute Gasteiger partial charge is 0.321 e. The van der Waals surface area contributed by atoms with Gasteiger partial charge in [-0.2, -0.15) is 0 Å². The largest absolute Gasteiger partial charge is 0.327 e. The third-order valence-electron chi connectivity index (χ3n) is 3.02. The fraction of sp³-hybridized carbons (Fsp3) is 0.188. The summed E-state index contributed by atoms with van der Waals surface area (Å²) in [6.45, 7) is 0.695. The van der Waals surface area contributed by atoms with E-state index in [1.165, 1.54) is 5.56 Å².